The van der Waals surface area contributed by atoms with Crippen LogP contribution in [0.1, 0.15) is 30.0 Å². The molecule has 1 N–H and O–H groups in total. The smallest absolute Gasteiger partial charge is 0.304 e. The summed E-state index contributed by atoms with van der Waals surface area (Å²) in [4.78, 5) is 14.8. The van der Waals surface area contributed by atoms with Gasteiger partial charge in [0.2, 0.25) is 0 Å². The molecule has 4 heteroatoms. The minimum atomic E-state index is -0.764. The van der Waals surface area contributed by atoms with Gasteiger partial charge in [-0.05, 0) is 24.5 Å². The number of aliphatic carboxylic acids is 1. The van der Waals surface area contributed by atoms with E-state index in [1.165, 1.54) is 0 Å². The number of aryl methyl sites for hydroxylation is 1. The second kappa shape index (κ2) is 3.58. The van der Waals surface area contributed by atoms with Gasteiger partial charge in [0, 0.05) is 17.8 Å². The zero-order valence-corrected chi connectivity index (χ0v) is 8.29. The molecule has 1 aromatic rings. The summed E-state index contributed by atoms with van der Waals surface area (Å²) in [6, 6.07) is 1.88. The van der Waals surface area contributed by atoms with Crippen LogP contribution in [0, 0.1) is 0 Å². The normalized spacial score (nSPS) is 19.4. The van der Waals surface area contributed by atoms with E-state index in [2.05, 4.69) is 4.98 Å². The minimum absolute atomic E-state index is 0.0692. The molecule has 1 aromatic heterocycles. The Kier molecular flexibility index (Phi) is 2.42. The monoisotopic (exact) mass is 211 g/mol. The third-order valence-electron chi connectivity index (χ3n) is 2.54. The Balaban J connectivity index is 2.26. The van der Waals surface area contributed by atoms with Crippen molar-refractivity contribution >= 4 is 17.6 Å². The second-order valence-corrected chi connectivity index (χ2v) is 3.97. The number of halogens is 1. The van der Waals surface area contributed by atoms with Crippen LogP contribution in [0.4, 0.5) is 0 Å². The number of fused-ring (bicyclic) bond motifs is 1. The number of carboxylic acids is 1. The minimum Gasteiger partial charge on any atom is -0.481 e. The highest BCUT2D eigenvalue weighted by atomic mass is 35.5. The first-order valence-electron chi connectivity index (χ1n) is 4.53. The summed E-state index contributed by atoms with van der Waals surface area (Å²) in [5, 5.41) is 9.32. The van der Waals surface area contributed by atoms with Crippen molar-refractivity contribution in [3.8, 4) is 0 Å². The van der Waals surface area contributed by atoms with Crippen molar-refractivity contribution < 1.29 is 9.90 Å². The van der Waals surface area contributed by atoms with E-state index in [0.29, 0.717) is 5.02 Å². The number of carboxylic acid groups (broad SMARTS) is 1. The number of rotatable bonds is 2. The third-order valence-corrected chi connectivity index (χ3v) is 2.74. The lowest BCUT2D eigenvalue weighted by molar-refractivity contribution is -0.137. The fourth-order valence-corrected chi connectivity index (χ4v) is 2.12. The molecule has 0 aromatic carbocycles. The summed E-state index contributed by atoms with van der Waals surface area (Å²) in [6.07, 6.45) is 3.51. The molecule has 74 valence electrons. The molecule has 14 heavy (non-hydrogen) atoms. The zero-order valence-electron chi connectivity index (χ0n) is 7.53. The van der Waals surface area contributed by atoms with Crippen molar-refractivity contribution in [3.63, 3.8) is 0 Å². The van der Waals surface area contributed by atoms with Gasteiger partial charge < -0.3 is 5.11 Å². The Morgan fingerprint density at radius 3 is 3.21 bits per heavy atom. The predicted molar refractivity (Wildman–Crippen MR) is 52.6 cm³/mol. The van der Waals surface area contributed by atoms with E-state index in [1.54, 1.807) is 6.20 Å². The highest BCUT2D eigenvalue weighted by molar-refractivity contribution is 6.30. The maximum Gasteiger partial charge on any atom is 0.304 e. The quantitative estimate of drug-likeness (QED) is 0.816. The molecule has 0 saturated heterocycles. The van der Waals surface area contributed by atoms with Crippen molar-refractivity contribution in [2.45, 2.75) is 25.2 Å². The van der Waals surface area contributed by atoms with Crippen LogP contribution in [-0.2, 0) is 11.2 Å². The molecule has 1 heterocycles. The van der Waals surface area contributed by atoms with Crippen LogP contribution >= 0.6 is 11.6 Å². The molecule has 2 rings (SSSR count). The van der Waals surface area contributed by atoms with Crippen LogP contribution in [0.2, 0.25) is 5.02 Å². The second-order valence-electron chi connectivity index (χ2n) is 3.53. The first-order valence-corrected chi connectivity index (χ1v) is 4.90. The fourth-order valence-electron chi connectivity index (χ4n) is 1.94. The molecule has 1 atom stereocenters. The Morgan fingerprint density at radius 2 is 2.50 bits per heavy atom. The van der Waals surface area contributed by atoms with Gasteiger partial charge in [-0.2, -0.15) is 0 Å². The number of aromatic nitrogens is 1. The molecule has 3 nitrogen and oxygen atoms in total. The van der Waals surface area contributed by atoms with Crippen LogP contribution in [-0.4, -0.2) is 16.1 Å². The van der Waals surface area contributed by atoms with E-state index in [0.717, 1.165) is 24.1 Å². The lowest BCUT2D eigenvalue weighted by Gasteiger charge is -2.06. The van der Waals surface area contributed by atoms with Gasteiger partial charge in [0.25, 0.3) is 0 Å². The van der Waals surface area contributed by atoms with Crippen LogP contribution in [0.3, 0.4) is 0 Å². The Morgan fingerprint density at radius 1 is 1.71 bits per heavy atom. The van der Waals surface area contributed by atoms with Crippen molar-refractivity contribution in [2.75, 3.05) is 0 Å². The third kappa shape index (κ3) is 1.73. The van der Waals surface area contributed by atoms with E-state index in [4.69, 9.17) is 16.7 Å². The fraction of sp³-hybridized carbons (Fsp3) is 0.400. The van der Waals surface area contributed by atoms with E-state index in [-0.39, 0.29) is 12.3 Å². The van der Waals surface area contributed by atoms with Crippen LogP contribution in [0.25, 0.3) is 0 Å². The molecular formula is C10H10ClNO2. The topological polar surface area (TPSA) is 50.2 Å². The predicted octanol–water partition coefficient (Wildman–Crippen LogP) is 2.24. The Bertz CT molecular complexity index is 378. The first-order chi connectivity index (χ1) is 6.66. The molecule has 0 amide bonds. The van der Waals surface area contributed by atoms with E-state index >= 15 is 0 Å². The van der Waals surface area contributed by atoms with E-state index < -0.39 is 5.97 Å². The Hall–Kier alpha value is -1.09. The average molecular weight is 212 g/mol. The van der Waals surface area contributed by atoms with Gasteiger partial charge >= 0.3 is 5.97 Å². The standard InChI is InChI=1S/C10H10ClNO2/c11-8-3-6-1-2-7(4-9(13)14)10(6)12-5-8/h3,5,7H,1-2,4H2,(H,13,14)/t7-/m0/s1. The number of carbonyl (C=O) groups is 1. The highest BCUT2D eigenvalue weighted by Gasteiger charge is 2.25. The van der Waals surface area contributed by atoms with Crippen molar-refractivity contribution in [3.05, 3.63) is 28.5 Å². The maximum absolute atomic E-state index is 10.6. The van der Waals surface area contributed by atoms with Crippen LogP contribution in [0.5, 0.6) is 0 Å². The van der Waals surface area contributed by atoms with Gasteiger partial charge in [-0.1, -0.05) is 11.6 Å². The maximum atomic E-state index is 10.6. The van der Waals surface area contributed by atoms with Gasteiger partial charge in [0.1, 0.15) is 0 Å². The molecule has 0 radical (unpaired) electrons. The summed E-state index contributed by atoms with van der Waals surface area (Å²) in [5.41, 5.74) is 2.01. The molecule has 0 aliphatic heterocycles. The SMILES string of the molecule is O=C(O)C[C@@H]1CCc2cc(Cl)cnc21. The molecule has 0 saturated carbocycles. The first kappa shape index (κ1) is 9.46. The molecule has 0 unspecified atom stereocenters. The number of hydrogen-bond donors (Lipinski definition) is 1. The van der Waals surface area contributed by atoms with E-state index in [9.17, 15) is 4.79 Å². The van der Waals surface area contributed by atoms with Gasteiger partial charge in [-0.15, -0.1) is 0 Å². The van der Waals surface area contributed by atoms with Crippen LogP contribution < -0.4 is 0 Å². The van der Waals surface area contributed by atoms with Crippen molar-refractivity contribution in [1.82, 2.24) is 4.98 Å². The molecule has 1 aliphatic rings. The summed E-state index contributed by atoms with van der Waals surface area (Å²) in [5.74, 6) is -0.695. The molecule has 0 bridgehead atoms. The summed E-state index contributed by atoms with van der Waals surface area (Å²) < 4.78 is 0. The van der Waals surface area contributed by atoms with Crippen molar-refractivity contribution in [2.24, 2.45) is 0 Å². The highest BCUT2D eigenvalue weighted by Crippen LogP contribution is 2.34. The number of hydrogen-bond acceptors (Lipinski definition) is 2. The summed E-state index contributed by atoms with van der Waals surface area (Å²) >= 11 is 5.80. The van der Waals surface area contributed by atoms with E-state index in [1.807, 2.05) is 6.07 Å². The molecule has 1 aliphatic carbocycles. The van der Waals surface area contributed by atoms with Gasteiger partial charge in [-0.3, -0.25) is 9.78 Å². The lowest BCUT2D eigenvalue weighted by Crippen LogP contribution is -2.04. The summed E-state index contributed by atoms with van der Waals surface area (Å²) in [6.45, 7) is 0. The van der Waals surface area contributed by atoms with Crippen LogP contribution in [0.15, 0.2) is 12.3 Å². The largest absolute Gasteiger partial charge is 0.481 e. The molecular weight excluding hydrogens is 202 g/mol. The van der Waals surface area contributed by atoms with Gasteiger partial charge in [-0.25, -0.2) is 0 Å². The van der Waals surface area contributed by atoms with Gasteiger partial charge in [0.15, 0.2) is 0 Å². The summed E-state index contributed by atoms with van der Waals surface area (Å²) in [7, 11) is 0. The lowest BCUT2D eigenvalue weighted by atomic mass is 10.0. The molecule has 0 spiro atoms. The molecule has 0 fully saturated rings. The Labute approximate surface area is 86.7 Å². The van der Waals surface area contributed by atoms with Gasteiger partial charge in [0.05, 0.1) is 11.4 Å². The van der Waals surface area contributed by atoms with Crippen molar-refractivity contribution in [1.29, 1.82) is 0 Å². The number of pyridine rings is 1. The average Bonchev–Trinajstić information content (AvgIpc) is 2.47. The number of nitrogens with zero attached hydrogens (tertiary/aromatic N) is 1. The zero-order chi connectivity index (χ0) is 10.1.